The molecule has 1 aromatic carbocycles. The maximum absolute atomic E-state index is 11.9. The summed E-state index contributed by atoms with van der Waals surface area (Å²) in [6, 6.07) is 5.47. The number of hydrogen-bond acceptors (Lipinski definition) is 2. The first-order valence-corrected chi connectivity index (χ1v) is 7.22. The van der Waals surface area contributed by atoms with Crippen LogP contribution in [0.4, 0.5) is 5.69 Å². The number of benzene rings is 1. The smallest absolute Gasteiger partial charge is 0.242 e. The van der Waals surface area contributed by atoms with E-state index in [1.165, 1.54) is 0 Å². The van der Waals surface area contributed by atoms with Gasteiger partial charge in [0, 0.05) is 6.54 Å². The Labute approximate surface area is 120 Å². The van der Waals surface area contributed by atoms with Gasteiger partial charge in [0.05, 0.1) is 10.7 Å². The van der Waals surface area contributed by atoms with Crippen molar-refractivity contribution in [3.63, 3.8) is 0 Å². The third kappa shape index (κ3) is 5.52. The Kier molecular flexibility index (Phi) is 6.71. The minimum atomic E-state index is -0.290. The maximum Gasteiger partial charge on any atom is 0.242 e. The molecule has 1 rings (SSSR count). The fourth-order valence-electron chi connectivity index (χ4n) is 1.78. The Hall–Kier alpha value is -1.22. The molecule has 0 saturated heterocycles. The van der Waals surface area contributed by atoms with E-state index in [0.717, 1.165) is 37.1 Å². The van der Waals surface area contributed by atoms with Crippen LogP contribution in [0.25, 0.3) is 0 Å². The number of halogens is 1. The number of hydrogen-bond donors (Lipinski definition) is 2. The predicted octanol–water partition coefficient (Wildman–Crippen LogP) is 3.76. The van der Waals surface area contributed by atoms with Crippen LogP contribution in [0.2, 0.25) is 5.02 Å². The van der Waals surface area contributed by atoms with E-state index in [1.54, 1.807) is 0 Å². The third-order valence-corrected chi connectivity index (χ3v) is 3.28. The average Bonchev–Trinajstić information content (AvgIpc) is 2.37. The molecule has 0 aliphatic carbocycles. The molecule has 0 spiro atoms. The Morgan fingerprint density at radius 2 is 2.11 bits per heavy atom. The molecule has 1 amide bonds. The van der Waals surface area contributed by atoms with Gasteiger partial charge in [-0.05, 0) is 38.0 Å². The second-order valence-corrected chi connectivity index (χ2v) is 5.25. The van der Waals surface area contributed by atoms with E-state index < -0.39 is 0 Å². The van der Waals surface area contributed by atoms with E-state index in [2.05, 4.69) is 17.6 Å². The van der Waals surface area contributed by atoms with Crippen LogP contribution in [-0.4, -0.2) is 18.5 Å². The van der Waals surface area contributed by atoms with Crippen molar-refractivity contribution in [1.29, 1.82) is 0 Å². The number of nitrogens with one attached hydrogen (secondary N) is 2. The largest absolute Gasteiger partial charge is 0.373 e. The summed E-state index contributed by atoms with van der Waals surface area (Å²) in [5.74, 6) is 0.00717. The molecule has 0 fully saturated rings. The summed E-state index contributed by atoms with van der Waals surface area (Å²) in [5, 5.41) is 6.70. The second-order valence-electron chi connectivity index (χ2n) is 4.85. The molecule has 2 N–H and O–H groups in total. The van der Waals surface area contributed by atoms with Crippen LogP contribution in [0.1, 0.15) is 38.7 Å². The first-order chi connectivity index (χ1) is 9.04. The van der Waals surface area contributed by atoms with E-state index in [4.69, 9.17) is 11.6 Å². The van der Waals surface area contributed by atoms with Gasteiger partial charge in [0.25, 0.3) is 0 Å². The van der Waals surface area contributed by atoms with E-state index in [0.29, 0.717) is 5.02 Å². The van der Waals surface area contributed by atoms with Crippen LogP contribution in [-0.2, 0) is 4.79 Å². The van der Waals surface area contributed by atoms with Crippen molar-refractivity contribution in [3.8, 4) is 0 Å². The van der Waals surface area contributed by atoms with Gasteiger partial charge in [0.2, 0.25) is 5.91 Å². The molecule has 4 heteroatoms. The molecule has 0 aliphatic heterocycles. The quantitative estimate of drug-likeness (QED) is 0.748. The van der Waals surface area contributed by atoms with Crippen molar-refractivity contribution < 1.29 is 4.79 Å². The first kappa shape index (κ1) is 15.8. The van der Waals surface area contributed by atoms with Gasteiger partial charge in [-0.25, -0.2) is 0 Å². The van der Waals surface area contributed by atoms with Crippen LogP contribution in [0.3, 0.4) is 0 Å². The van der Waals surface area contributed by atoms with Gasteiger partial charge >= 0.3 is 0 Å². The summed E-state index contributed by atoms with van der Waals surface area (Å²) in [6.07, 6.45) is 3.33. The lowest BCUT2D eigenvalue weighted by atomic mass is 10.2. The number of aryl methyl sites for hydroxylation is 1. The number of amides is 1. The third-order valence-electron chi connectivity index (χ3n) is 2.97. The molecule has 0 saturated carbocycles. The van der Waals surface area contributed by atoms with Crippen LogP contribution in [0.15, 0.2) is 18.2 Å². The molecule has 0 aliphatic rings. The summed E-state index contributed by atoms with van der Waals surface area (Å²) >= 11 is 6.13. The van der Waals surface area contributed by atoms with Gasteiger partial charge in [-0.2, -0.15) is 0 Å². The molecule has 1 unspecified atom stereocenters. The van der Waals surface area contributed by atoms with Crippen molar-refractivity contribution in [2.24, 2.45) is 0 Å². The highest BCUT2D eigenvalue weighted by molar-refractivity contribution is 6.33. The van der Waals surface area contributed by atoms with Crippen LogP contribution < -0.4 is 10.6 Å². The Morgan fingerprint density at radius 1 is 1.37 bits per heavy atom. The highest BCUT2D eigenvalue weighted by Crippen LogP contribution is 2.23. The zero-order chi connectivity index (χ0) is 14.3. The van der Waals surface area contributed by atoms with Crippen molar-refractivity contribution >= 4 is 23.2 Å². The summed E-state index contributed by atoms with van der Waals surface area (Å²) in [4.78, 5) is 11.9. The fraction of sp³-hybridized carbons (Fsp3) is 0.533. The molecule has 3 nitrogen and oxygen atoms in total. The number of carbonyl (C=O) groups is 1. The minimum absolute atomic E-state index is 0.00717. The van der Waals surface area contributed by atoms with Gasteiger partial charge in [-0.3, -0.25) is 4.79 Å². The SMILES string of the molecule is CCCCCNC(=O)C(C)Nc1ccc(C)cc1Cl. The Bertz CT molecular complexity index is 421. The minimum Gasteiger partial charge on any atom is -0.373 e. The van der Waals surface area contributed by atoms with E-state index in [-0.39, 0.29) is 11.9 Å². The first-order valence-electron chi connectivity index (χ1n) is 6.85. The standard InChI is InChI=1S/C15H23ClN2O/c1-4-5-6-9-17-15(19)12(3)18-14-8-7-11(2)10-13(14)16/h7-8,10,12,18H,4-6,9H2,1-3H3,(H,17,19). The second kappa shape index (κ2) is 8.05. The summed E-state index contributed by atoms with van der Waals surface area (Å²) in [5.41, 5.74) is 1.90. The van der Waals surface area contributed by atoms with Gasteiger partial charge in [0.1, 0.15) is 6.04 Å². The lowest BCUT2D eigenvalue weighted by Gasteiger charge is -2.16. The topological polar surface area (TPSA) is 41.1 Å². The Morgan fingerprint density at radius 3 is 2.74 bits per heavy atom. The normalized spacial score (nSPS) is 12.0. The highest BCUT2D eigenvalue weighted by atomic mass is 35.5. The number of unbranched alkanes of at least 4 members (excludes halogenated alkanes) is 2. The van der Waals surface area contributed by atoms with Gasteiger partial charge < -0.3 is 10.6 Å². The summed E-state index contributed by atoms with van der Waals surface area (Å²) in [7, 11) is 0. The van der Waals surface area contributed by atoms with E-state index in [9.17, 15) is 4.79 Å². The van der Waals surface area contributed by atoms with E-state index in [1.807, 2.05) is 32.0 Å². The highest BCUT2D eigenvalue weighted by Gasteiger charge is 2.13. The predicted molar refractivity (Wildman–Crippen MR) is 81.8 cm³/mol. The summed E-state index contributed by atoms with van der Waals surface area (Å²) in [6.45, 7) is 6.70. The molecule has 1 atom stereocenters. The zero-order valence-corrected chi connectivity index (χ0v) is 12.7. The molecule has 0 aromatic heterocycles. The molecule has 0 radical (unpaired) electrons. The van der Waals surface area contributed by atoms with E-state index >= 15 is 0 Å². The van der Waals surface area contributed by atoms with Crippen LogP contribution in [0.5, 0.6) is 0 Å². The molecular formula is C15H23ClN2O. The lowest BCUT2D eigenvalue weighted by Crippen LogP contribution is -2.38. The van der Waals surface area contributed by atoms with Gasteiger partial charge in [0.15, 0.2) is 0 Å². The molecule has 19 heavy (non-hydrogen) atoms. The molecular weight excluding hydrogens is 260 g/mol. The van der Waals surface area contributed by atoms with Crippen molar-refractivity contribution in [3.05, 3.63) is 28.8 Å². The maximum atomic E-state index is 11.9. The monoisotopic (exact) mass is 282 g/mol. The molecule has 0 heterocycles. The van der Waals surface area contributed by atoms with Crippen LogP contribution in [0, 0.1) is 6.92 Å². The lowest BCUT2D eigenvalue weighted by molar-refractivity contribution is -0.121. The molecule has 1 aromatic rings. The van der Waals surface area contributed by atoms with Crippen molar-refractivity contribution in [1.82, 2.24) is 5.32 Å². The number of rotatable bonds is 7. The van der Waals surface area contributed by atoms with Crippen molar-refractivity contribution in [2.45, 2.75) is 46.1 Å². The van der Waals surface area contributed by atoms with Crippen molar-refractivity contribution in [2.75, 3.05) is 11.9 Å². The average molecular weight is 283 g/mol. The Balaban J connectivity index is 2.45. The number of anilines is 1. The summed E-state index contributed by atoms with van der Waals surface area (Å²) < 4.78 is 0. The van der Waals surface area contributed by atoms with Gasteiger partial charge in [-0.15, -0.1) is 0 Å². The zero-order valence-electron chi connectivity index (χ0n) is 11.9. The fourth-order valence-corrected chi connectivity index (χ4v) is 2.07. The molecule has 0 bridgehead atoms. The van der Waals surface area contributed by atoms with Gasteiger partial charge in [-0.1, -0.05) is 37.4 Å². The number of carbonyl (C=O) groups excluding carboxylic acids is 1. The van der Waals surface area contributed by atoms with Crippen LogP contribution >= 0.6 is 11.6 Å². The molecule has 106 valence electrons.